The summed E-state index contributed by atoms with van der Waals surface area (Å²) < 4.78 is 1.83. The topological polar surface area (TPSA) is 106 Å². The molecule has 6 rings (SSSR count). The zero-order chi connectivity index (χ0) is 23.2. The lowest BCUT2D eigenvalue weighted by atomic mass is 9.99. The summed E-state index contributed by atoms with van der Waals surface area (Å²) >= 11 is 0. The minimum absolute atomic E-state index is 0.0785. The van der Waals surface area contributed by atoms with Gasteiger partial charge < -0.3 is 15.5 Å². The lowest BCUT2D eigenvalue weighted by molar-refractivity contribution is 0.0600. The van der Waals surface area contributed by atoms with Crippen LogP contribution in [0.3, 0.4) is 0 Å². The summed E-state index contributed by atoms with van der Waals surface area (Å²) in [4.78, 5) is 31.5. The maximum atomic E-state index is 13.5. The van der Waals surface area contributed by atoms with Crippen molar-refractivity contribution in [3.05, 3.63) is 59.7 Å². The van der Waals surface area contributed by atoms with Crippen molar-refractivity contribution in [3.8, 4) is 0 Å². The van der Waals surface area contributed by atoms with Gasteiger partial charge in [0.25, 0.3) is 5.91 Å². The molecular weight excluding hydrogens is 428 g/mol. The number of carbonyl (C=O) groups is 1. The molecule has 0 bridgehead atoms. The molecule has 1 amide bonds. The number of rotatable bonds is 3. The fourth-order valence-electron chi connectivity index (χ4n) is 5.18. The maximum absolute atomic E-state index is 13.5. The van der Waals surface area contributed by atoms with Crippen LogP contribution in [-0.4, -0.2) is 61.0 Å². The summed E-state index contributed by atoms with van der Waals surface area (Å²) in [6.07, 6.45) is 7.60. The lowest BCUT2D eigenvalue weighted by Crippen LogP contribution is -2.39. The number of fused-ring (bicyclic) bond motifs is 2. The molecule has 0 radical (unpaired) electrons. The van der Waals surface area contributed by atoms with E-state index in [4.69, 9.17) is 15.8 Å². The summed E-state index contributed by atoms with van der Waals surface area (Å²) in [6, 6.07) is 9.62. The van der Waals surface area contributed by atoms with Gasteiger partial charge in [0, 0.05) is 55.1 Å². The first-order valence-corrected chi connectivity index (χ1v) is 12.0. The molecule has 2 fully saturated rings. The van der Waals surface area contributed by atoms with Crippen LogP contribution in [0.4, 0.5) is 5.82 Å². The molecule has 9 nitrogen and oxygen atoms in total. The number of hydrogen-bond donors (Lipinski definition) is 1. The van der Waals surface area contributed by atoms with Gasteiger partial charge in [-0.3, -0.25) is 4.79 Å². The molecule has 6 heterocycles. The van der Waals surface area contributed by atoms with Gasteiger partial charge >= 0.3 is 0 Å². The van der Waals surface area contributed by atoms with E-state index < -0.39 is 0 Å². The molecule has 9 heteroatoms. The number of amides is 1. The Hall–Kier alpha value is -3.59. The average molecular weight is 457 g/mol. The van der Waals surface area contributed by atoms with Crippen molar-refractivity contribution in [2.24, 2.45) is 5.73 Å². The molecule has 0 aromatic carbocycles. The number of pyridine rings is 2. The van der Waals surface area contributed by atoms with Crippen molar-refractivity contribution >= 4 is 28.4 Å². The van der Waals surface area contributed by atoms with Gasteiger partial charge in [0.05, 0.1) is 11.7 Å². The van der Waals surface area contributed by atoms with E-state index in [1.807, 2.05) is 39.9 Å². The minimum atomic E-state index is -0.104. The van der Waals surface area contributed by atoms with Gasteiger partial charge in [-0.2, -0.15) is 5.10 Å². The largest absolute Gasteiger partial charge is 0.355 e. The Kier molecular flexibility index (Phi) is 5.13. The van der Waals surface area contributed by atoms with Crippen molar-refractivity contribution in [2.75, 3.05) is 24.5 Å². The monoisotopic (exact) mass is 456 g/mol. The van der Waals surface area contributed by atoms with Gasteiger partial charge in [0.1, 0.15) is 11.5 Å². The standard InChI is InChI=1S/C25H28N8O/c1-16-14-33-22(29-24(16)31-12-9-18(26)15-31)13-20(30-33)21-6-2-3-11-32(21)25(34)19-8-7-17-5-4-10-27-23(17)28-19/h4-5,7-8,10,13-14,18,21H,2-3,6,9,11-12,15,26H2,1H3/t18-,21-/m0/s1. The van der Waals surface area contributed by atoms with Gasteiger partial charge in [0.15, 0.2) is 11.3 Å². The van der Waals surface area contributed by atoms with E-state index in [9.17, 15) is 4.79 Å². The van der Waals surface area contributed by atoms with Gasteiger partial charge in [-0.25, -0.2) is 19.5 Å². The van der Waals surface area contributed by atoms with Gasteiger partial charge in [-0.05, 0) is 56.9 Å². The highest BCUT2D eigenvalue weighted by molar-refractivity contribution is 5.94. The zero-order valence-electron chi connectivity index (χ0n) is 19.3. The van der Waals surface area contributed by atoms with Crippen LogP contribution < -0.4 is 10.6 Å². The highest BCUT2D eigenvalue weighted by atomic mass is 16.2. The predicted molar refractivity (Wildman–Crippen MR) is 130 cm³/mol. The molecule has 4 aromatic heterocycles. The Balaban J connectivity index is 1.33. The third-order valence-electron chi connectivity index (χ3n) is 6.94. The molecule has 2 aliphatic rings. The Morgan fingerprint density at radius 3 is 2.88 bits per heavy atom. The molecule has 2 atom stereocenters. The highest BCUT2D eigenvalue weighted by Gasteiger charge is 2.32. The van der Waals surface area contributed by atoms with Crippen molar-refractivity contribution < 1.29 is 4.79 Å². The Bertz CT molecular complexity index is 1380. The number of hydrogen-bond acceptors (Lipinski definition) is 7. The number of likely N-dealkylation sites (tertiary alicyclic amines) is 1. The van der Waals surface area contributed by atoms with Crippen molar-refractivity contribution in [2.45, 2.75) is 44.7 Å². The van der Waals surface area contributed by atoms with E-state index in [1.54, 1.807) is 12.3 Å². The fraction of sp³-hybridized carbons (Fsp3) is 0.400. The third-order valence-corrected chi connectivity index (χ3v) is 6.94. The molecule has 4 aromatic rings. The lowest BCUT2D eigenvalue weighted by Gasteiger charge is -2.34. The first-order chi connectivity index (χ1) is 16.6. The SMILES string of the molecule is Cc1cn2nc([C@@H]3CCCCN3C(=O)c3ccc4cccnc4n3)cc2nc1N1CC[C@H](N)C1. The van der Waals surface area contributed by atoms with Crippen LogP contribution in [-0.2, 0) is 0 Å². The zero-order valence-corrected chi connectivity index (χ0v) is 19.3. The van der Waals surface area contributed by atoms with Crippen LogP contribution in [0, 0.1) is 6.92 Å². The number of anilines is 1. The van der Waals surface area contributed by atoms with E-state index in [1.165, 1.54) is 0 Å². The molecule has 174 valence electrons. The van der Waals surface area contributed by atoms with Gasteiger partial charge in [-0.1, -0.05) is 0 Å². The summed E-state index contributed by atoms with van der Waals surface area (Å²) in [5.41, 5.74) is 9.86. The van der Waals surface area contributed by atoms with Gasteiger partial charge in [0.2, 0.25) is 0 Å². The number of nitrogens with zero attached hydrogens (tertiary/aromatic N) is 7. The summed E-state index contributed by atoms with van der Waals surface area (Å²) in [5.74, 6) is 0.890. The van der Waals surface area contributed by atoms with Gasteiger partial charge in [-0.15, -0.1) is 0 Å². The Morgan fingerprint density at radius 2 is 2.03 bits per heavy atom. The molecule has 0 saturated carbocycles. The Labute approximate surface area is 197 Å². The molecule has 2 saturated heterocycles. The summed E-state index contributed by atoms with van der Waals surface area (Å²) in [7, 11) is 0. The van der Waals surface area contributed by atoms with E-state index in [-0.39, 0.29) is 18.0 Å². The second-order valence-corrected chi connectivity index (χ2v) is 9.37. The number of carbonyl (C=O) groups excluding carboxylic acids is 1. The van der Waals surface area contributed by atoms with E-state index >= 15 is 0 Å². The minimum Gasteiger partial charge on any atom is -0.355 e. The molecule has 2 N–H and O–H groups in total. The average Bonchev–Trinajstić information content (AvgIpc) is 3.48. The van der Waals surface area contributed by atoms with Crippen molar-refractivity contribution in [1.29, 1.82) is 0 Å². The maximum Gasteiger partial charge on any atom is 0.273 e. The molecule has 34 heavy (non-hydrogen) atoms. The van der Waals surface area contributed by atoms with Crippen LogP contribution in [0.15, 0.2) is 42.7 Å². The molecule has 0 aliphatic carbocycles. The van der Waals surface area contributed by atoms with Crippen LogP contribution in [0.2, 0.25) is 0 Å². The normalized spacial score (nSPS) is 21.0. The number of aryl methyl sites for hydroxylation is 1. The second-order valence-electron chi connectivity index (χ2n) is 9.37. The van der Waals surface area contributed by atoms with Crippen molar-refractivity contribution in [1.82, 2.24) is 29.5 Å². The van der Waals surface area contributed by atoms with Crippen LogP contribution in [0.25, 0.3) is 16.7 Å². The summed E-state index contributed by atoms with van der Waals surface area (Å²) in [6.45, 7) is 4.49. The number of aromatic nitrogens is 5. The van der Waals surface area contributed by atoms with Crippen LogP contribution in [0.1, 0.15) is 53.5 Å². The predicted octanol–water partition coefficient (Wildman–Crippen LogP) is 2.89. The first-order valence-electron chi connectivity index (χ1n) is 12.0. The van der Waals surface area contributed by atoms with E-state index in [0.717, 1.165) is 66.9 Å². The third kappa shape index (κ3) is 3.66. The Morgan fingerprint density at radius 1 is 1.12 bits per heavy atom. The number of piperidine rings is 1. The fourth-order valence-corrected chi connectivity index (χ4v) is 5.18. The quantitative estimate of drug-likeness (QED) is 0.505. The van der Waals surface area contributed by atoms with E-state index in [0.29, 0.717) is 17.9 Å². The molecule has 0 unspecified atom stereocenters. The summed E-state index contributed by atoms with van der Waals surface area (Å²) in [5, 5.41) is 5.76. The highest BCUT2D eigenvalue weighted by Crippen LogP contribution is 2.32. The van der Waals surface area contributed by atoms with Crippen LogP contribution in [0.5, 0.6) is 0 Å². The molecular formula is C25H28N8O. The molecule has 0 spiro atoms. The number of nitrogens with two attached hydrogens (primary N) is 1. The second kappa shape index (κ2) is 8.32. The van der Waals surface area contributed by atoms with Crippen molar-refractivity contribution in [3.63, 3.8) is 0 Å². The molecule has 2 aliphatic heterocycles. The first kappa shape index (κ1) is 21.0. The van der Waals surface area contributed by atoms with E-state index in [2.05, 4.69) is 21.8 Å². The smallest absolute Gasteiger partial charge is 0.273 e. The van der Waals surface area contributed by atoms with Crippen LogP contribution >= 0.6 is 0 Å².